The third-order valence-corrected chi connectivity index (χ3v) is 2.83. The normalized spacial score (nSPS) is 11.8. The van der Waals surface area contributed by atoms with Crippen LogP contribution in [0.4, 0.5) is 0 Å². The van der Waals surface area contributed by atoms with Crippen LogP contribution in [0.15, 0.2) is 36.5 Å². The van der Waals surface area contributed by atoms with Gasteiger partial charge in [0.05, 0.1) is 14.2 Å². The summed E-state index contributed by atoms with van der Waals surface area (Å²) in [5.74, 6) is 2.37. The molecule has 1 aromatic heterocycles. The predicted octanol–water partition coefficient (Wildman–Crippen LogP) is 2.91. The lowest BCUT2D eigenvalue weighted by Crippen LogP contribution is -2.07. The van der Waals surface area contributed by atoms with Crippen molar-refractivity contribution in [1.29, 1.82) is 0 Å². The van der Waals surface area contributed by atoms with E-state index in [9.17, 15) is 0 Å². The van der Waals surface area contributed by atoms with Crippen molar-refractivity contribution in [3.63, 3.8) is 0 Å². The van der Waals surface area contributed by atoms with Gasteiger partial charge in [0.15, 0.2) is 0 Å². The predicted molar refractivity (Wildman–Crippen MR) is 76.5 cm³/mol. The maximum atomic E-state index is 5.91. The van der Waals surface area contributed by atoms with Gasteiger partial charge in [-0.1, -0.05) is 6.07 Å². The van der Waals surface area contributed by atoms with Crippen molar-refractivity contribution < 1.29 is 14.2 Å². The maximum Gasteiger partial charge on any atom is 0.223 e. The monoisotopic (exact) mass is 274 g/mol. The molecule has 2 aromatic rings. The average molecular weight is 274 g/mol. The van der Waals surface area contributed by atoms with E-state index in [0.29, 0.717) is 23.1 Å². The molecule has 5 nitrogen and oxygen atoms in total. The second-order valence-corrected chi connectivity index (χ2v) is 4.34. The number of aromatic nitrogens is 1. The van der Waals surface area contributed by atoms with Gasteiger partial charge in [0, 0.05) is 36.0 Å². The third-order valence-electron chi connectivity index (χ3n) is 2.83. The Bertz CT molecular complexity index is 563. The van der Waals surface area contributed by atoms with Gasteiger partial charge in [0.1, 0.15) is 17.2 Å². The van der Waals surface area contributed by atoms with Crippen molar-refractivity contribution in [2.75, 3.05) is 14.2 Å². The highest BCUT2D eigenvalue weighted by Crippen LogP contribution is 2.32. The summed E-state index contributed by atoms with van der Waals surface area (Å²) >= 11 is 0. The Labute approximate surface area is 118 Å². The van der Waals surface area contributed by atoms with Crippen molar-refractivity contribution in [3.05, 3.63) is 42.1 Å². The molecule has 2 rings (SSSR count). The number of ether oxygens (including phenoxy) is 3. The van der Waals surface area contributed by atoms with Crippen LogP contribution < -0.4 is 19.9 Å². The second-order valence-electron chi connectivity index (χ2n) is 4.34. The summed E-state index contributed by atoms with van der Waals surface area (Å²) in [7, 11) is 3.18. The Kier molecular flexibility index (Phi) is 4.42. The molecular weight excluding hydrogens is 256 g/mol. The first kappa shape index (κ1) is 14.1. The van der Waals surface area contributed by atoms with E-state index in [4.69, 9.17) is 19.9 Å². The zero-order chi connectivity index (χ0) is 14.5. The number of hydrogen-bond donors (Lipinski definition) is 1. The van der Waals surface area contributed by atoms with Crippen molar-refractivity contribution in [2.24, 2.45) is 5.73 Å². The highest BCUT2D eigenvalue weighted by molar-refractivity contribution is 5.44. The highest BCUT2D eigenvalue weighted by Gasteiger charge is 2.11. The molecule has 0 radical (unpaired) electrons. The van der Waals surface area contributed by atoms with E-state index in [1.807, 2.05) is 19.1 Å². The zero-order valence-electron chi connectivity index (χ0n) is 11.8. The fourth-order valence-corrected chi connectivity index (χ4v) is 1.79. The molecule has 0 saturated heterocycles. The van der Waals surface area contributed by atoms with Gasteiger partial charge in [-0.3, -0.25) is 0 Å². The lowest BCUT2D eigenvalue weighted by atomic mass is 10.1. The molecule has 0 aliphatic heterocycles. The first-order valence-electron chi connectivity index (χ1n) is 6.25. The lowest BCUT2D eigenvalue weighted by Gasteiger charge is -2.13. The summed E-state index contributed by atoms with van der Waals surface area (Å²) < 4.78 is 16.2. The minimum absolute atomic E-state index is 0.161. The number of methoxy groups -OCH3 is 2. The van der Waals surface area contributed by atoms with E-state index in [1.54, 1.807) is 38.6 Å². The van der Waals surface area contributed by atoms with Gasteiger partial charge in [0.2, 0.25) is 5.88 Å². The number of nitrogens with zero attached hydrogens (tertiary/aromatic N) is 1. The van der Waals surface area contributed by atoms with E-state index in [1.165, 1.54) is 0 Å². The van der Waals surface area contributed by atoms with Crippen molar-refractivity contribution in [3.8, 4) is 23.1 Å². The van der Waals surface area contributed by atoms with Crippen LogP contribution in [0.2, 0.25) is 0 Å². The highest BCUT2D eigenvalue weighted by atomic mass is 16.5. The molecule has 2 N–H and O–H groups in total. The molecule has 0 fully saturated rings. The van der Waals surface area contributed by atoms with Crippen LogP contribution in [0.25, 0.3) is 0 Å². The van der Waals surface area contributed by atoms with Gasteiger partial charge in [-0.25, -0.2) is 4.98 Å². The molecule has 0 saturated carbocycles. The van der Waals surface area contributed by atoms with E-state index < -0.39 is 0 Å². The number of rotatable bonds is 5. The largest absolute Gasteiger partial charge is 0.496 e. The number of benzene rings is 1. The smallest absolute Gasteiger partial charge is 0.223 e. The maximum absolute atomic E-state index is 5.91. The topological polar surface area (TPSA) is 66.6 Å². The first-order chi connectivity index (χ1) is 9.63. The molecule has 1 heterocycles. The summed E-state index contributed by atoms with van der Waals surface area (Å²) in [6, 6.07) is 8.87. The van der Waals surface area contributed by atoms with Crippen molar-refractivity contribution in [2.45, 2.75) is 13.0 Å². The Morgan fingerprint density at radius 1 is 1.05 bits per heavy atom. The zero-order valence-corrected chi connectivity index (χ0v) is 11.8. The summed E-state index contributed by atoms with van der Waals surface area (Å²) in [6.45, 7) is 1.88. The Hall–Kier alpha value is -2.27. The molecule has 1 atom stereocenters. The van der Waals surface area contributed by atoms with Crippen LogP contribution in [0.1, 0.15) is 18.5 Å². The molecule has 106 valence electrons. The van der Waals surface area contributed by atoms with Gasteiger partial charge in [-0.15, -0.1) is 0 Å². The van der Waals surface area contributed by atoms with Crippen LogP contribution in [-0.2, 0) is 0 Å². The molecule has 0 spiro atoms. The second kappa shape index (κ2) is 6.25. The van der Waals surface area contributed by atoms with Gasteiger partial charge in [0.25, 0.3) is 0 Å². The number of hydrogen-bond acceptors (Lipinski definition) is 5. The molecule has 1 unspecified atom stereocenters. The quantitative estimate of drug-likeness (QED) is 0.908. The Morgan fingerprint density at radius 2 is 1.65 bits per heavy atom. The molecule has 1 aromatic carbocycles. The van der Waals surface area contributed by atoms with Crippen molar-refractivity contribution in [1.82, 2.24) is 4.98 Å². The number of nitrogens with two attached hydrogens (primary N) is 1. The Balaban J connectivity index is 2.34. The van der Waals surface area contributed by atoms with Gasteiger partial charge in [-0.05, 0) is 13.0 Å². The fraction of sp³-hybridized carbons (Fsp3) is 0.267. The molecular formula is C15H18N2O3. The van der Waals surface area contributed by atoms with Crippen LogP contribution in [0, 0.1) is 0 Å². The Morgan fingerprint density at radius 3 is 2.20 bits per heavy atom. The number of pyridine rings is 1. The lowest BCUT2D eigenvalue weighted by molar-refractivity contribution is 0.384. The van der Waals surface area contributed by atoms with E-state index in [0.717, 1.165) is 5.56 Å². The summed E-state index contributed by atoms with van der Waals surface area (Å²) in [5, 5.41) is 0. The van der Waals surface area contributed by atoms with E-state index in [-0.39, 0.29) is 6.04 Å². The minimum atomic E-state index is -0.161. The van der Waals surface area contributed by atoms with Gasteiger partial charge >= 0.3 is 0 Å². The summed E-state index contributed by atoms with van der Waals surface area (Å²) in [5.41, 5.74) is 6.75. The molecule has 0 aliphatic rings. The molecule has 0 bridgehead atoms. The van der Waals surface area contributed by atoms with Crippen molar-refractivity contribution >= 4 is 0 Å². The minimum Gasteiger partial charge on any atom is -0.496 e. The van der Waals surface area contributed by atoms with Gasteiger partial charge in [-0.2, -0.15) is 0 Å². The summed E-state index contributed by atoms with van der Waals surface area (Å²) in [4.78, 5) is 4.22. The standard InChI is InChI=1S/C15H18N2O3/c1-10(16)14-5-4-6-17-15(14)20-13-8-11(18-2)7-12(9-13)19-3/h4-10H,16H2,1-3H3. The fourth-order valence-electron chi connectivity index (χ4n) is 1.79. The third kappa shape index (κ3) is 3.19. The van der Waals surface area contributed by atoms with Crippen LogP contribution in [-0.4, -0.2) is 19.2 Å². The van der Waals surface area contributed by atoms with Crippen LogP contribution in [0.3, 0.4) is 0 Å². The van der Waals surface area contributed by atoms with Crippen LogP contribution >= 0.6 is 0 Å². The molecule has 0 aliphatic carbocycles. The summed E-state index contributed by atoms with van der Waals surface area (Å²) in [6.07, 6.45) is 1.67. The first-order valence-corrected chi connectivity index (χ1v) is 6.25. The van der Waals surface area contributed by atoms with E-state index >= 15 is 0 Å². The van der Waals surface area contributed by atoms with E-state index in [2.05, 4.69) is 4.98 Å². The van der Waals surface area contributed by atoms with Crippen LogP contribution in [0.5, 0.6) is 23.1 Å². The molecule has 5 heteroatoms. The molecule has 20 heavy (non-hydrogen) atoms. The SMILES string of the molecule is COc1cc(OC)cc(Oc2ncccc2C(C)N)c1. The van der Waals surface area contributed by atoms with Gasteiger partial charge < -0.3 is 19.9 Å². The molecule has 0 amide bonds. The average Bonchev–Trinajstić information content (AvgIpc) is 2.47.